The van der Waals surface area contributed by atoms with Crippen LogP contribution in [0, 0.1) is 6.92 Å². The molecule has 0 spiro atoms. The van der Waals surface area contributed by atoms with Crippen LogP contribution in [0.15, 0.2) is 23.3 Å². The second-order valence-corrected chi connectivity index (χ2v) is 8.25. The highest BCUT2D eigenvalue weighted by Gasteiger charge is 2.50. The largest absolute Gasteiger partial charge is 0.390 e. The number of nitrogens with one attached hydrogen (secondary N) is 1. The average molecular weight is 428 g/mol. The van der Waals surface area contributed by atoms with E-state index in [1.165, 1.54) is 0 Å². The number of unbranched alkanes of at least 4 members (excludes halogenated alkanes) is 2. The number of carbonyl (C=O) groups is 3. The zero-order valence-corrected chi connectivity index (χ0v) is 16.7. The SMILES string of the molecule is Cc1cc(N=[NH2+])ccc1NCCCCCC(=O)ON1C(=O)CC(S(=O)(=O)[OH2+])C1=O. The molecule has 0 radical (unpaired) electrons. The highest BCUT2D eigenvalue weighted by Crippen LogP contribution is 2.21. The minimum Gasteiger partial charge on any atom is -0.385 e. The van der Waals surface area contributed by atoms with Crippen LogP contribution in [-0.2, 0) is 29.3 Å². The van der Waals surface area contributed by atoms with Crippen molar-refractivity contribution in [2.75, 3.05) is 11.9 Å². The first kappa shape index (κ1) is 22.4. The molecule has 1 fully saturated rings. The number of hydrogen-bond acceptors (Lipinski definition) is 8. The quantitative estimate of drug-likeness (QED) is 0.218. The minimum absolute atomic E-state index is 0.0267. The van der Waals surface area contributed by atoms with Gasteiger partial charge in [-0.05, 0) is 48.6 Å². The summed E-state index contributed by atoms with van der Waals surface area (Å²) >= 11 is 0. The Bertz CT molecular complexity index is 916. The molecule has 1 aliphatic heterocycles. The number of aryl methyl sites for hydroxylation is 1. The van der Waals surface area contributed by atoms with E-state index in [1.54, 1.807) is 6.07 Å². The predicted octanol–water partition coefficient (Wildman–Crippen LogP) is -0.550. The molecule has 1 heterocycles. The molecule has 1 unspecified atom stereocenters. The number of hydrogen-bond donors (Lipinski definition) is 2. The van der Waals surface area contributed by atoms with Crippen molar-refractivity contribution in [3.05, 3.63) is 23.8 Å². The van der Waals surface area contributed by atoms with E-state index in [1.807, 2.05) is 19.1 Å². The van der Waals surface area contributed by atoms with Gasteiger partial charge in [0.25, 0.3) is 11.8 Å². The number of nitrogens with two attached hydrogens (primary N) is 1. The molecule has 29 heavy (non-hydrogen) atoms. The summed E-state index contributed by atoms with van der Waals surface area (Å²) in [6.07, 6.45) is 1.23. The van der Waals surface area contributed by atoms with Crippen LogP contribution < -0.4 is 10.8 Å². The van der Waals surface area contributed by atoms with Gasteiger partial charge in [-0.3, -0.25) is 9.59 Å². The number of imide groups is 1. The summed E-state index contributed by atoms with van der Waals surface area (Å²) in [7, 11) is -4.48. The lowest BCUT2D eigenvalue weighted by atomic mass is 10.1. The molecule has 158 valence electrons. The van der Waals surface area contributed by atoms with Gasteiger partial charge in [0.2, 0.25) is 5.25 Å². The molecule has 1 aromatic rings. The molecule has 5 N–H and O–H groups in total. The Morgan fingerprint density at radius 2 is 2.07 bits per heavy atom. The van der Waals surface area contributed by atoms with E-state index in [0.717, 1.165) is 17.7 Å². The van der Waals surface area contributed by atoms with Gasteiger partial charge in [-0.15, -0.1) is 5.06 Å². The van der Waals surface area contributed by atoms with Gasteiger partial charge < -0.3 is 14.7 Å². The first-order valence-electron chi connectivity index (χ1n) is 8.95. The van der Waals surface area contributed by atoms with Gasteiger partial charge in [0.15, 0.2) is 0 Å². The fraction of sp³-hybridized carbons (Fsp3) is 0.471. The van der Waals surface area contributed by atoms with E-state index in [-0.39, 0.29) is 11.5 Å². The van der Waals surface area contributed by atoms with Crippen LogP contribution in [-0.4, -0.2) is 47.6 Å². The summed E-state index contributed by atoms with van der Waals surface area (Å²) in [5, 5.41) is 5.23. The third-order valence-corrected chi connectivity index (χ3v) is 5.48. The normalized spacial score (nSPS) is 16.8. The molecule has 2 amide bonds. The van der Waals surface area contributed by atoms with Crippen molar-refractivity contribution in [3.8, 4) is 0 Å². The van der Waals surface area contributed by atoms with Crippen LogP contribution in [0.1, 0.15) is 37.7 Å². The van der Waals surface area contributed by atoms with Gasteiger partial charge in [-0.1, -0.05) is 6.42 Å². The summed E-state index contributed by atoms with van der Waals surface area (Å²) in [6.45, 7) is 2.62. The average Bonchev–Trinajstić information content (AvgIpc) is 2.94. The Morgan fingerprint density at radius 3 is 2.66 bits per heavy atom. The molecule has 1 saturated heterocycles. The van der Waals surface area contributed by atoms with E-state index >= 15 is 0 Å². The third kappa shape index (κ3) is 6.06. The smallest absolute Gasteiger partial charge is 0.385 e. The second-order valence-electron chi connectivity index (χ2n) is 6.59. The molecule has 0 aromatic heterocycles. The number of carbonyl (C=O) groups excluding carboxylic acids is 3. The number of anilines is 1. The van der Waals surface area contributed by atoms with Crippen molar-refractivity contribution >= 4 is 39.3 Å². The number of nitrogens with zero attached hydrogens (tertiary/aromatic N) is 2. The molecule has 1 atom stereocenters. The fourth-order valence-electron chi connectivity index (χ4n) is 2.79. The maximum atomic E-state index is 11.8. The van der Waals surface area contributed by atoms with E-state index in [4.69, 9.17) is 10.1 Å². The Morgan fingerprint density at radius 1 is 1.34 bits per heavy atom. The Balaban J connectivity index is 1.68. The first-order chi connectivity index (χ1) is 13.6. The number of rotatable bonds is 10. The Hall–Kier alpha value is -2.86. The van der Waals surface area contributed by atoms with Crippen molar-refractivity contribution < 1.29 is 37.7 Å². The Labute approximate surface area is 167 Å². The number of benzene rings is 1. The summed E-state index contributed by atoms with van der Waals surface area (Å²) in [5.41, 5.74) is 7.89. The predicted molar refractivity (Wildman–Crippen MR) is 101 cm³/mol. The van der Waals surface area contributed by atoms with Crippen molar-refractivity contribution in [2.24, 2.45) is 5.11 Å². The molecule has 2 rings (SSSR count). The molecule has 11 nitrogen and oxygen atoms in total. The van der Waals surface area contributed by atoms with Crippen LogP contribution in [0.5, 0.6) is 0 Å². The first-order valence-corrected chi connectivity index (χ1v) is 10.5. The van der Waals surface area contributed by atoms with Crippen LogP contribution in [0.25, 0.3) is 0 Å². The fourth-order valence-corrected chi connectivity index (χ4v) is 3.51. The lowest BCUT2D eigenvalue weighted by molar-refractivity contribution is -0.210. The van der Waals surface area contributed by atoms with Crippen molar-refractivity contribution in [1.82, 2.24) is 5.06 Å². The van der Waals surface area contributed by atoms with Gasteiger partial charge in [0.1, 0.15) is 5.69 Å². The van der Waals surface area contributed by atoms with Crippen molar-refractivity contribution in [2.45, 2.75) is 44.3 Å². The maximum absolute atomic E-state index is 11.8. The molecule has 0 aliphatic carbocycles. The summed E-state index contributed by atoms with van der Waals surface area (Å²) in [5.74, 6) is -2.96. The van der Waals surface area contributed by atoms with Crippen molar-refractivity contribution in [3.63, 3.8) is 0 Å². The highest BCUT2D eigenvalue weighted by atomic mass is 32.2. The van der Waals surface area contributed by atoms with Crippen LogP contribution in [0.2, 0.25) is 0 Å². The zero-order valence-electron chi connectivity index (χ0n) is 15.9. The molecule has 0 saturated carbocycles. The van der Waals surface area contributed by atoms with Crippen LogP contribution >= 0.6 is 0 Å². The monoisotopic (exact) mass is 428 g/mol. The zero-order chi connectivity index (χ0) is 21.6. The molecule has 0 bridgehead atoms. The van der Waals surface area contributed by atoms with Crippen LogP contribution in [0.4, 0.5) is 11.4 Å². The van der Waals surface area contributed by atoms with Gasteiger partial charge in [0, 0.05) is 18.7 Å². The van der Waals surface area contributed by atoms with Gasteiger partial charge in [-0.25, -0.2) is 4.79 Å². The van der Waals surface area contributed by atoms with Gasteiger partial charge in [-0.2, -0.15) is 13.9 Å². The van der Waals surface area contributed by atoms with E-state index in [9.17, 15) is 22.8 Å². The van der Waals surface area contributed by atoms with E-state index in [0.29, 0.717) is 25.1 Å². The topological polar surface area (TPSA) is 171 Å². The summed E-state index contributed by atoms with van der Waals surface area (Å²) < 4.78 is 29.2. The number of amides is 2. The molecule has 1 aromatic carbocycles. The Kier molecular flexibility index (Phi) is 7.40. The second kappa shape index (κ2) is 9.56. The standard InChI is InChI=1S/C17H22N4O7S/c1-11-9-12(20-18)6-7-13(11)19-8-4-2-3-5-16(23)28-21-15(22)10-14(17(21)24)29(25,26)27/h6-7,9,14,18-19H,2-5,8,10H2,1H3,(H,25,26,27)/p+2. The summed E-state index contributed by atoms with van der Waals surface area (Å²) in [6, 6.07) is 5.53. The van der Waals surface area contributed by atoms with Gasteiger partial charge >= 0.3 is 16.1 Å². The molecule has 12 heteroatoms. The van der Waals surface area contributed by atoms with Crippen molar-refractivity contribution in [1.29, 1.82) is 0 Å². The lowest BCUT2D eigenvalue weighted by Crippen LogP contribution is -2.36. The van der Waals surface area contributed by atoms with E-state index in [2.05, 4.69) is 15.3 Å². The highest BCUT2D eigenvalue weighted by molar-refractivity contribution is 7.87. The molecule has 1 aliphatic rings. The van der Waals surface area contributed by atoms with Crippen LogP contribution in [0.3, 0.4) is 0 Å². The lowest BCUT2D eigenvalue weighted by Gasteiger charge is -2.13. The molecular weight excluding hydrogens is 404 g/mol. The minimum atomic E-state index is -4.48. The molecular formula is C17H24N4O7S+2. The maximum Gasteiger partial charge on any atom is 0.390 e. The number of hydroxylamine groups is 2. The van der Waals surface area contributed by atoms with E-state index < -0.39 is 39.6 Å². The third-order valence-electron chi connectivity index (χ3n) is 4.36. The summed E-state index contributed by atoms with van der Waals surface area (Å²) in [4.78, 5) is 40.0. The van der Waals surface area contributed by atoms with Gasteiger partial charge in [0.05, 0.1) is 6.42 Å².